The van der Waals surface area contributed by atoms with Crippen molar-refractivity contribution in [3.05, 3.63) is 52.0 Å². The van der Waals surface area contributed by atoms with Crippen molar-refractivity contribution < 1.29 is 5.21 Å². The Morgan fingerprint density at radius 3 is 3.00 bits per heavy atom. The zero-order valence-electron chi connectivity index (χ0n) is 10.7. The Balaban J connectivity index is 2.02. The average Bonchev–Trinajstić information content (AvgIpc) is 2.90. The van der Waals surface area contributed by atoms with Gasteiger partial charge in [0.1, 0.15) is 0 Å². The Labute approximate surface area is 116 Å². The molecule has 0 unspecified atom stereocenters. The molecule has 0 aliphatic heterocycles. The van der Waals surface area contributed by atoms with E-state index in [1.54, 1.807) is 11.3 Å². The van der Waals surface area contributed by atoms with Gasteiger partial charge in [-0.2, -0.15) is 0 Å². The highest BCUT2D eigenvalue weighted by Gasteiger charge is 2.05. The lowest BCUT2D eigenvalue weighted by Crippen LogP contribution is -2.18. The van der Waals surface area contributed by atoms with E-state index in [2.05, 4.69) is 15.0 Å². The minimum absolute atomic E-state index is 0.129. The van der Waals surface area contributed by atoms with E-state index in [9.17, 15) is 0 Å². The summed E-state index contributed by atoms with van der Waals surface area (Å²) in [6.07, 6.45) is 0. The van der Waals surface area contributed by atoms with Crippen LogP contribution in [0, 0.1) is 0 Å². The van der Waals surface area contributed by atoms with Gasteiger partial charge in [-0.25, -0.2) is 4.98 Å². The summed E-state index contributed by atoms with van der Waals surface area (Å²) in [7, 11) is 2.04. The highest BCUT2D eigenvalue weighted by molar-refractivity contribution is 7.07. The van der Waals surface area contributed by atoms with E-state index in [-0.39, 0.29) is 5.84 Å². The number of nitrogens with zero attached hydrogens (tertiary/aromatic N) is 3. The van der Waals surface area contributed by atoms with Crippen molar-refractivity contribution >= 4 is 17.2 Å². The van der Waals surface area contributed by atoms with Gasteiger partial charge in [0.05, 0.1) is 11.2 Å². The molecule has 1 heterocycles. The standard InChI is InChI=1S/C13H16N4OS/c1-17(7-12-8-19-9-15-12)6-10-3-2-4-11(5-10)13(14)16-18/h2-5,8-9,18H,6-7H2,1H3,(H2,14,16). The molecule has 0 atom stereocenters. The zero-order chi connectivity index (χ0) is 13.7. The molecule has 6 heteroatoms. The van der Waals surface area contributed by atoms with Gasteiger partial charge in [-0.3, -0.25) is 4.90 Å². The molecular formula is C13H16N4OS. The molecule has 0 bridgehead atoms. The van der Waals surface area contributed by atoms with Crippen LogP contribution in [0.15, 0.2) is 40.3 Å². The van der Waals surface area contributed by atoms with E-state index in [0.29, 0.717) is 0 Å². The van der Waals surface area contributed by atoms with E-state index >= 15 is 0 Å². The van der Waals surface area contributed by atoms with E-state index in [0.717, 1.165) is 29.9 Å². The molecule has 0 radical (unpaired) electrons. The topological polar surface area (TPSA) is 74.7 Å². The zero-order valence-corrected chi connectivity index (χ0v) is 11.5. The van der Waals surface area contributed by atoms with Crippen LogP contribution in [0.4, 0.5) is 0 Å². The third-order valence-electron chi connectivity index (χ3n) is 2.70. The smallest absolute Gasteiger partial charge is 0.170 e. The summed E-state index contributed by atoms with van der Waals surface area (Å²) in [4.78, 5) is 6.43. The molecule has 0 saturated heterocycles. The quantitative estimate of drug-likeness (QED) is 0.378. The van der Waals surface area contributed by atoms with Crippen LogP contribution in [0.2, 0.25) is 0 Å². The SMILES string of the molecule is CN(Cc1cccc(C(N)=NO)c1)Cc1cscn1. The molecule has 3 N–H and O–H groups in total. The summed E-state index contributed by atoms with van der Waals surface area (Å²) in [5.41, 5.74) is 10.3. The molecule has 100 valence electrons. The van der Waals surface area contributed by atoms with E-state index in [1.807, 2.05) is 42.2 Å². The van der Waals surface area contributed by atoms with Gasteiger partial charge >= 0.3 is 0 Å². The lowest BCUT2D eigenvalue weighted by molar-refractivity contribution is 0.315. The minimum Gasteiger partial charge on any atom is -0.409 e. The normalized spacial score (nSPS) is 12.0. The molecule has 5 nitrogen and oxygen atoms in total. The summed E-state index contributed by atoms with van der Waals surface area (Å²) < 4.78 is 0. The van der Waals surface area contributed by atoms with Crippen molar-refractivity contribution in [3.8, 4) is 0 Å². The average molecular weight is 276 g/mol. The van der Waals surface area contributed by atoms with Crippen LogP contribution in [-0.2, 0) is 13.1 Å². The first-order valence-electron chi connectivity index (χ1n) is 5.81. The molecule has 0 aliphatic carbocycles. The maximum absolute atomic E-state index is 8.68. The number of thiazole rings is 1. The molecule has 2 rings (SSSR count). The molecule has 0 fully saturated rings. The predicted molar refractivity (Wildman–Crippen MR) is 76.2 cm³/mol. The van der Waals surface area contributed by atoms with Crippen molar-refractivity contribution in [2.45, 2.75) is 13.1 Å². The fraction of sp³-hybridized carbons (Fsp3) is 0.231. The number of oxime groups is 1. The largest absolute Gasteiger partial charge is 0.409 e. The fourth-order valence-electron chi connectivity index (χ4n) is 1.85. The molecule has 1 aromatic heterocycles. The lowest BCUT2D eigenvalue weighted by atomic mass is 10.1. The monoisotopic (exact) mass is 276 g/mol. The highest BCUT2D eigenvalue weighted by atomic mass is 32.1. The summed E-state index contributed by atoms with van der Waals surface area (Å²) in [6, 6.07) is 7.66. The minimum atomic E-state index is 0.129. The summed E-state index contributed by atoms with van der Waals surface area (Å²) >= 11 is 1.60. The predicted octanol–water partition coefficient (Wildman–Crippen LogP) is 1.87. The van der Waals surface area contributed by atoms with Gasteiger partial charge in [-0.1, -0.05) is 23.4 Å². The Hall–Kier alpha value is -1.92. The number of rotatable bonds is 5. The van der Waals surface area contributed by atoms with Crippen molar-refractivity contribution in [1.29, 1.82) is 0 Å². The third kappa shape index (κ3) is 3.77. The molecule has 19 heavy (non-hydrogen) atoms. The summed E-state index contributed by atoms with van der Waals surface area (Å²) in [6.45, 7) is 1.58. The first-order valence-corrected chi connectivity index (χ1v) is 6.76. The number of amidine groups is 1. The van der Waals surface area contributed by atoms with Crippen LogP contribution in [0.3, 0.4) is 0 Å². The van der Waals surface area contributed by atoms with E-state index < -0.39 is 0 Å². The number of hydrogen-bond acceptors (Lipinski definition) is 5. The highest BCUT2D eigenvalue weighted by Crippen LogP contribution is 2.10. The molecule has 0 amide bonds. The maximum atomic E-state index is 8.68. The van der Waals surface area contributed by atoms with E-state index in [1.165, 1.54) is 0 Å². The Morgan fingerprint density at radius 2 is 2.32 bits per heavy atom. The Bertz CT molecular complexity index is 554. The van der Waals surface area contributed by atoms with Crippen molar-refractivity contribution in [3.63, 3.8) is 0 Å². The van der Waals surface area contributed by atoms with Gasteiger partial charge in [0.15, 0.2) is 5.84 Å². The third-order valence-corrected chi connectivity index (χ3v) is 3.33. The van der Waals surface area contributed by atoms with Gasteiger partial charge in [0.2, 0.25) is 0 Å². The summed E-state index contributed by atoms with van der Waals surface area (Å²) in [5, 5.41) is 13.7. The maximum Gasteiger partial charge on any atom is 0.170 e. The molecule has 0 aliphatic rings. The number of aromatic nitrogens is 1. The Kier molecular flexibility index (Phi) is 4.48. The second kappa shape index (κ2) is 6.31. The van der Waals surface area contributed by atoms with E-state index in [4.69, 9.17) is 10.9 Å². The fourth-order valence-corrected chi connectivity index (χ4v) is 2.40. The number of benzene rings is 1. The second-order valence-electron chi connectivity index (χ2n) is 4.34. The van der Waals surface area contributed by atoms with Gasteiger partial charge in [-0.05, 0) is 18.7 Å². The molecular weight excluding hydrogens is 260 g/mol. The number of nitrogens with two attached hydrogens (primary N) is 1. The van der Waals surface area contributed by atoms with Gasteiger partial charge in [0.25, 0.3) is 0 Å². The van der Waals surface area contributed by atoms with Crippen molar-refractivity contribution in [1.82, 2.24) is 9.88 Å². The van der Waals surface area contributed by atoms with Crippen LogP contribution in [0.25, 0.3) is 0 Å². The van der Waals surface area contributed by atoms with Crippen LogP contribution in [0.5, 0.6) is 0 Å². The van der Waals surface area contributed by atoms with Crippen molar-refractivity contribution in [2.24, 2.45) is 10.9 Å². The first-order chi connectivity index (χ1) is 9.19. The first kappa shape index (κ1) is 13.5. The summed E-state index contributed by atoms with van der Waals surface area (Å²) in [5.74, 6) is 0.129. The molecule has 2 aromatic rings. The van der Waals surface area contributed by atoms with Crippen LogP contribution >= 0.6 is 11.3 Å². The van der Waals surface area contributed by atoms with Crippen LogP contribution in [-0.4, -0.2) is 28.0 Å². The Morgan fingerprint density at radius 1 is 1.47 bits per heavy atom. The number of hydrogen-bond donors (Lipinski definition) is 2. The van der Waals surface area contributed by atoms with Crippen molar-refractivity contribution in [2.75, 3.05) is 7.05 Å². The van der Waals surface area contributed by atoms with Crippen LogP contribution in [0.1, 0.15) is 16.8 Å². The molecule has 1 aromatic carbocycles. The molecule has 0 spiro atoms. The second-order valence-corrected chi connectivity index (χ2v) is 5.06. The van der Waals surface area contributed by atoms with Gasteiger partial charge in [-0.15, -0.1) is 11.3 Å². The van der Waals surface area contributed by atoms with Crippen LogP contribution < -0.4 is 5.73 Å². The van der Waals surface area contributed by atoms with Gasteiger partial charge in [0, 0.05) is 24.0 Å². The van der Waals surface area contributed by atoms with Gasteiger partial charge < -0.3 is 10.9 Å². The lowest BCUT2D eigenvalue weighted by Gasteiger charge is -2.15. The molecule has 0 saturated carbocycles.